The van der Waals surface area contributed by atoms with Crippen molar-refractivity contribution in [2.24, 2.45) is 0 Å². The van der Waals surface area contributed by atoms with Gasteiger partial charge in [-0.25, -0.2) is 0 Å². The van der Waals surface area contributed by atoms with Gasteiger partial charge in [-0.15, -0.1) is 0 Å². The Morgan fingerprint density at radius 3 is 2.33 bits per heavy atom. The Morgan fingerprint density at radius 1 is 1.22 bits per heavy atom. The number of rotatable bonds is 7. The highest BCUT2D eigenvalue weighted by atomic mass is 16.5. The van der Waals surface area contributed by atoms with Crippen molar-refractivity contribution >= 4 is 5.91 Å². The van der Waals surface area contributed by atoms with Crippen LogP contribution in [0.1, 0.15) is 39.5 Å². The van der Waals surface area contributed by atoms with Crippen LogP contribution in [0.15, 0.2) is 0 Å². The molecule has 106 valence electrons. The molecule has 0 aromatic carbocycles. The molecule has 0 aliphatic heterocycles. The number of carbonyl (C=O) groups is 1. The molecule has 0 saturated heterocycles. The molecule has 0 heterocycles. The molecule has 0 bridgehead atoms. The van der Waals surface area contributed by atoms with Gasteiger partial charge in [-0.05, 0) is 40.8 Å². The Balaban J connectivity index is 2.49. The minimum absolute atomic E-state index is 0.119. The predicted octanol–water partition coefficient (Wildman–Crippen LogP) is 1.74. The van der Waals surface area contributed by atoms with E-state index in [0.717, 1.165) is 25.9 Å². The SMILES string of the molecule is CC(C)OCC(=O)N(CCN(C)C)C1CCCC1. The second kappa shape index (κ2) is 7.74. The first-order chi connectivity index (χ1) is 8.50. The largest absolute Gasteiger partial charge is 0.369 e. The summed E-state index contributed by atoms with van der Waals surface area (Å²) in [6.45, 7) is 5.89. The van der Waals surface area contributed by atoms with E-state index in [9.17, 15) is 4.79 Å². The fourth-order valence-electron chi connectivity index (χ4n) is 2.36. The minimum atomic E-state index is 0.119. The minimum Gasteiger partial charge on any atom is -0.369 e. The first kappa shape index (κ1) is 15.4. The molecule has 4 nitrogen and oxygen atoms in total. The summed E-state index contributed by atoms with van der Waals surface area (Å²) < 4.78 is 5.45. The number of likely N-dealkylation sites (N-methyl/N-ethyl adjacent to an activating group) is 1. The van der Waals surface area contributed by atoms with Crippen LogP contribution in [-0.4, -0.2) is 61.6 Å². The average molecular weight is 256 g/mol. The molecule has 4 heteroatoms. The molecule has 0 aromatic heterocycles. The zero-order valence-corrected chi connectivity index (χ0v) is 12.3. The summed E-state index contributed by atoms with van der Waals surface area (Å²) in [5.74, 6) is 0.150. The van der Waals surface area contributed by atoms with Crippen molar-refractivity contribution in [2.45, 2.75) is 51.7 Å². The van der Waals surface area contributed by atoms with Crippen LogP contribution < -0.4 is 0 Å². The fourth-order valence-corrected chi connectivity index (χ4v) is 2.36. The van der Waals surface area contributed by atoms with Crippen molar-refractivity contribution in [3.8, 4) is 0 Å². The van der Waals surface area contributed by atoms with Crippen molar-refractivity contribution in [3.05, 3.63) is 0 Å². The molecule has 0 spiro atoms. The lowest BCUT2D eigenvalue weighted by atomic mass is 10.2. The van der Waals surface area contributed by atoms with Crippen molar-refractivity contribution < 1.29 is 9.53 Å². The maximum atomic E-state index is 12.2. The summed E-state index contributed by atoms with van der Waals surface area (Å²) in [5.41, 5.74) is 0. The molecule has 1 fully saturated rings. The molecule has 1 rings (SSSR count). The Hall–Kier alpha value is -0.610. The van der Waals surface area contributed by atoms with Crippen LogP contribution in [0.25, 0.3) is 0 Å². The Bertz CT molecular complexity index is 248. The topological polar surface area (TPSA) is 32.8 Å². The highest BCUT2D eigenvalue weighted by molar-refractivity contribution is 5.77. The number of hydrogen-bond acceptors (Lipinski definition) is 3. The molecule has 0 unspecified atom stereocenters. The molecular weight excluding hydrogens is 228 g/mol. The number of amides is 1. The summed E-state index contributed by atoms with van der Waals surface area (Å²) in [6, 6.07) is 0.438. The lowest BCUT2D eigenvalue weighted by Gasteiger charge is -2.30. The summed E-state index contributed by atoms with van der Waals surface area (Å²) in [7, 11) is 4.09. The van der Waals surface area contributed by atoms with Crippen LogP contribution in [0, 0.1) is 0 Å². The second-order valence-corrected chi connectivity index (χ2v) is 5.69. The third-order valence-electron chi connectivity index (χ3n) is 3.41. The van der Waals surface area contributed by atoms with E-state index in [4.69, 9.17) is 4.74 Å². The molecule has 1 aliphatic carbocycles. The van der Waals surface area contributed by atoms with Crippen LogP contribution >= 0.6 is 0 Å². The van der Waals surface area contributed by atoms with Crippen molar-refractivity contribution in [2.75, 3.05) is 33.8 Å². The number of hydrogen-bond donors (Lipinski definition) is 0. The van der Waals surface area contributed by atoms with Crippen LogP contribution in [0.5, 0.6) is 0 Å². The normalized spacial score (nSPS) is 16.8. The van der Waals surface area contributed by atoms with Gasteiger partial charge in [0.15, 0.2) is 0 Å². The monoisotopic (exact) mass is 256 g/mol. The molecular formula is C14H28N2O2. The summed E-state index contributed by atoms with van der Waals surface area (Å²) >= 11 is 0. The number of carbonyl (C=O) groups excluding carboxylic acids is 1. The third kappa shape index (κ3) is 5.36. The van der Waals surface area contributed by atoms with E-state index in [-0.39, 0.29) is 18.6 Å². The lowest BCUT2D eigenvalue weighted by molar-refractivity contribution is -0.140. The number of nitrogens with zero attached hydrogens (tertiary/aromatic N) is 2. The maximum Gasteiger partial charge on any atom is 0.248 e. The Morgan fingerprint density at radius 2 is 1.83 bits per heavy atom. The van der Waals surface area contributed by atoms with Gasteiger partial charge in [0.05, 0.1) is 6.10 Å². The van der Waals surface area contributed by atoms with Gasteiger partial charge in [0.1, 0.15) is 6.61 Å². The highest BCUT2D eigenvalue weighted by Crippen LogP contribution is 2.23. The van der Waals surface area contributed by atoms with E-state index >= 15 is 0 Å². The van der Waals surface area contributed by atoms with Gasteiger partial charge in [0.2, 0.25) is 5.91 Å². The molecule has 1 amide bonds. The standard InChI is InChI=1S/C14H28N2O2/c1-12(2)18-11-14(17)16(10-9-15(3)4)13-7-5-6-8-13/h12-13H,5-11H2,1-4H3. The lowest BCUT2D eigenvalue weighted by Crippen LogP contribution is -2.44. The van der Waals surface area contributed by atoms with Crippen molar-refractivity contribution in [1.29, 1.82) is 0 Å². The first-order valence-electron chi connectivity index (χ1n) is 7.06. The first-order valence-corrected chi connectivity index (χ1v) is 7.06. The number of ether oxygens (including phenoxy) is 1. The van der Waals surface area contributed by atoms with Crippen LogP contribution in [0.3, 0.4) is 0 Å². The van der Waals surface area contributed by atoms with Gasteiger partial charge in [-0.2, -0.15) is 0 Å². The fraction of sp³-hybridized carbons (Fsp3) is 0.929. The molecule has 0 N–H and O–H groups in total. The maximum absolute atomic E-state index is 12.2. The second-order valence-electron chi connectivity index (χ2n) is 5.69. The molecule has 0 radical (unpaired) electrons. The third-order valence-corrected chi connectivity index (χ3v) is 3.41. The van der Waals surface area contributed by atoms with Gasteiger partial charge in [-0.1, -0.05) is 12.8 Å². The average Bonchev–Trinajstić information content (AvgIpc) is 2.79. The summed E-state index contributed by atoms with van der Waals surface area (Å²) in [6.07, 6.45) is 4.93. The van der Waals surface area contributed by atoms with Crippen LogP contribution in [0.2, 0.25) is 0 Å². The molecule has 18 heavy (non-hydrogen) atoms. The highest BCUT2D eigenvalue weighted by Gasteiger charge is 2.26. The Labute approximate surface area is 111 Å². The van der Waals surface area contributed by atoms with Gasteiger partial charge in [-0.3, -0.25) is 4.79 Å². The smallest absolute Gasteiger partial charge is 0.248 e. The van der Waals surface area contributed by atoms with Crippen molar-refractivity contribution in [1.82, 2.24) is 9.80 Å². The zero-order chi connectivity index (χ0) is 13.5. The summed E-state index contributed by atoms with van der Waals surface area (Å²) in [5, 5.41) is 0. The summed E-state index contributed by atoms with van der Waals surface area (Å²) in [4.78, 5) is 16.4. The quantitative estimate of drug-likeness (QED) is 0.695. The molecule has 0 atom stereocenters. The van der Waals surface area contributed by atoms with E-state index in [1.165, 1.54) is 12.8 Å². The van der Waals surface area contributed by atoms with Gasteiger partial charge in [0, 0.05) is 19.1 Å². The van der Waals surface area contributed by atoms with Gasteiger partial charge >= 0.3 is 0 Å². The van der Waals surface area contributed by atoms with E-state index in [1.54, 1.807) is 0 Å². The van der Waals surface area contributed by atoms with Crippen LogP contribution in [-0.2, 0) is 9.53 Å². The predicted molar refractivity (Wildman–Crippen MR) is 73.6 cm³/mol. The van der Waals surface area contributed by atoms with Crippen molar-refractivity contribution in [3.63, 3.8) is 0 Å². The van der Waals surface area contributed by atoms with Crippen LogP contribution in [0.4, 0.5) is 0 Å². The van der Waals surface area contributed by atoms with E-state index in [1.807, 2.05) is 32.8 Å². The van der Waals surface area contributed by atoms with E-state index < -0.39 is 0 Å². The van der Waals surface area contributed by atoms with Gasteiger partial charge < -0.3 is 14.5 Å². The molecule has 1 aliphatic rings. The molecule has 1 saturated carbocycles. The van der Waals surface area contributed by atoms with E-state index in [0.29, 0.717) is 6.04 Å². The van der Waals surface area contributed by atoms with E-state index in [2.05, 4.69) is 4.90 Å². The molecule has 0 aromatic rings. The Kier molecular flexibility index (Phi) is 6.65. The zero-order valence-electron chi connectivity index (χ0n) is 12.3. The van der Waals surface area contributed by atoms with Gasteiger partial charge in [0.25, 0.3) is 0 Å².